The van der Waals surface area contributed by atoms with Crippen molar-refractivity contribution in [2.45, 2.75) is 55.8 Å². The fourth-order valence-corrected chi connectivity index (χ4v) is 25.4. The van der Waals surface area contributed by atoms with Crippen LogP contribution in [0.4, 0.5) is 0 Å². The average molecular weight is 410 g/mol. The van der Waals surface area contributed by atoms with E-state index >= 15 is 0 Å². The van der Waals surface area contributed by atoms with Gasteiger partial charge < -0.3 is 0 Å². The first-order valence-electron chi connectivity index (χ1n) is 5.89. The molecule has 0 N–H and O–H groups in total. The summed E-state index contributed by atoms with van der Waals surface area (Å²) in [4.78, 5) is 15.3. The molecule has 0 saturated carbocycles. The number of hydrogen-bond donors (Lipinski definition) is 0. The second kappa shape index (κ2) is 6.17. The van der Waals surface area contributed by atoms with Gasteiger partial charge in [0.2, 0.25) is 0 Å². The number of allylic oxidation sites excluding steroid dienone is 1. The van der Waals surface area contributed by atoms with Crippen LogP contribution >= 0.6 is 0 Å². The van der Waals surface area contributed by atoms with Crippen LogP contribution < -0.4 is 0 Å². The minimum absolute atomic E-state index is 1.35. The summed E-state index contributed by atoms with van der Waals surface area (Å²) in [5.41, 5.74) is 0. The topological polar surface area (TPSA) is 0 Å². The molecule has 0 aliphatic carbocycles. The maximum absolute atomic E-state index is 2.76. The molecule has 0 rings (SSSR count). The summed E-state index contributed by atoms with van der Waals surface area (Å²) in [6, 6.07) is 0. The third kappa shape index (κ3) is 7.61. The third-order valence-corrected chi connectivity index (χ3v) is 14.8. The van der Waals surface area contributed by atoms with E-state index in [1.165, 1.54) is 19.3 Å². The molecule has 0 nitrogen and oxygen atoms in total. The van der Waals surface area contributed by atoms with Crippen LogP contribution in [-0.4, -0.2) is 36.8 Å². The Bertz CT molecular complexity index is 191. The van der Waals surface area contributed by atoms with Crippen molar-refractivity contribution in [1.29, 1.82) is 0 Å². The Morgan fingerprint density at radius 2 is 1.50 bits per heavy atom. The second-order valence-electron chi connectivity index (χ2n) is 6.39. The zero-order valence-corrected chi connectivity index (χ0v) is 16.9. The SMILES string of the molecule is CCCC/[C](=[CH]\[Sn]([CH3])([CH3])[CH3])[Sn]([CH3])([CH3])[CH3]. The van der Waals surface area contributed by atoms with Gasteiger partial charge in [-0.1, -0.05) is 0 Å². The molecule has 0 aromatic heterocycles. The summed E-state index contributed by atoms with van der Waals surface area (Å²) in [6.45, 7) is 2.30. The molecule has 14 heavy (non-hydrogen) atoms. The van der Waals surface area contributed by atoms with Gasteiger partial charge in [0.1, 0.15) is 0 Å². The predicted octanol–water partition coefficient (Wildman–Crippen LogP) is 4.86. The predicted molar refractivity (Wildman–Crippen MR) is 74.3 cm³/mol. The Kier molecular flexibility index (Phi) is 6.76. The van der Waals surface area contributed by atoms with Crippen LogP contribution in [0.25, 0.3) is 0 Å². The van der Waals surface area contributed by atoms with Crippen LogP contribution in [0.2, 0.25) is 29.6 Å². The van der Waals surface area contributed by atoms with Crippen molar-refractivity contribution in [2.24, 2.45) is 0 Å². The molecule has 0 saturated heterocycles. The van der Waals surface area contributed by atoms with Gasteiger partial charge in [0.15, 0.2) is 0 Å². The minimum atomic E-state index is -1.74. The van der Waals surface area contributed by atoms with Crippen LogP contribution in [0.15, 0.2) is 7.68 Å². The van der Waals surface area contributed by atoms with Gasteiger partial charge in [0.25, 0.3) is 0 Å². The normalized spacial score (nSPS) is 14.6. The molecule has 0 heterocycles. The number of rotatable bonds is 5. The Morgan fingerprint density at radius 3 is 1.79 bits per heavy atom. The Labute approximate surface area is 99.3 Å². The van der Waals surface area contributed by atoms with Crippen molar-refractivity contribution in [3.05, 3.63) is 7.68 Å². The van der Waals surface area contributed by atoms with E-state index < -0.39 is 36.8 Å². The summed E-state index contributed by atoms with van der Waals surface area (Å²) in [6.07, 6.45) is 4.16. The van der Waals surface area contributed by atoms with Gasteiger partial charge in [0, 0.05) is 0 Å². The number of unbranched alkanes of at least 4 members (excludes halogenated alkanes) is 1. The molecule has 0 aromatic rings. The Morgan fingerprint density at radius 1 is 1.00 bits per heavy atom. The first kappa shape index (κ1) is 15.3. The molecular weight excluding hydrogens is 382 g/mol. The standard InChI is InChI=1S/C6H10.6CH3.2Sn/c1-3-5-6-4-2;;;;;;;;/h1H,4-6H2,2H3;6*1H3;;. The van der Waals surface area contributed by atoms with Crippen molar-refractivity contribution in [3.63, 3.8) is 0 Å². The average Bonchev–Trinajstić information content (AvgIpc) is 1.93. The van der Waals surface area contributed by atoms with E-state index in [2.05, 4.69) is 40.7 Å². The maximum atomic E-state index is 2.76. The zero-order chi connectivity index (χ0) is 11.4. The summed E-state index contributed by atoms with van der Waals surface area (Å²) in [7, 11) is 0. The van der Waals surface area contributed by atoms with E-state index in [1.807, 2.05) is 3.59 Å². The molecule has 0 aliphatic heterocycles. The molecule has 84 valence electrons. The van der Waals surface area contributed by atoms with Gasteiger partial charge in [-0.05, 0) is 0 Å². The van der Waals surface area contributed by atoms with Crippen LogP contribution in [0.5, 0.6) is 0 Å². The van der Waals surface area contributed by atoms with Gasteiger partial charge in [-0.15, -0.1) is 0 Å². The van der Waals surface area contributed by atoms with Crippen molar-refractivity contribution >= 4 is 36.8 Å². The Hall–Kier alpha value is 1.34. The Balaban J connectivity index is 4.65. The van der Waals surface area contributed by atoms with Crippen LogP contribution in [-0.2, 0) is 0 Å². The summed E-state index contributed by atoms with van der Waals surface area (Å²) < 4.78 is 4.69. The molecule has 2 heteroatoms. The van der Waals surface area contributed by atoms with Gasteiger partial charge >= 0.3 is 100 Å². The van der Waals surface area contributed by atoms with Crippen molar-refractivity contribution in [1.82, 2.24) is 0 Å². The fourth-order valence-electron chi connectivity index (χ4n) is 1.55. The number of hydrogen-bond acceptors (Lipinski definition) is 0. The van der Waals surface area contributed by atoms with Gasteiger partial charge in [-0.25, -0.2) is 0 Å². The molecule has 0 aliphatic rings. The van der Waals surface area contributed by atoms with E-state index in [0.717, 1.165) is 0 Å². The van der Waals surface area contributed by atoms with E-state index in [1.54, 1.807) is 0 Å². The third-order valence-electron chi connectivity index (χ3n) is 2.37. The summed E-state index contributed by atoms with van der Waals surface area (Å²) >= 11 is -3.43. The fraction of sp³-hybridized carbons (Fsp3) is 0.833. The van der Waals surface area contributed by atoms with Crippen molar-refractivity contribution in [3.8, 4) is 0 Å². The molecule has 0 spiro atoms. The summed E-state index contributed by atoms with van der Waals surface area (Å²) in [5, 5.41) is 0. The van der Waals surface area contributed by atoms with Crippen molar-refractivity contribution in [2.75, 3.05) is 0 Å². The molecule has 0 unspecified atom stereocenters. The van der Waals surface area contributed by atoms with Gasteiger partial charge in [-0.2, -0.15) is 0 Å². The molecular formula is C12H28Sn2. The van der Waals surface area contributed by atoms with E-state index in [-0.39, 0.29) is 0 Å². The quantitative estimate of drug-likeness (QED) is 0.569. The van der Waals surface area contributed by atoms with Gasteiger partial charge in [-0.3, -0.25) is 0 Å². The molecule has 0 amide bonds. The first-order chi connectivity index (χ1) is 6.17. The molecule has 0 aromatic carbocycles. The van der Waals surface area contributed by atoms with E-state index in [0.29, 0.717) is 0 Å². The molecule has 0 radical (unpaired) electrons. The van der Waals surface area contributed by atoms with Crippen molar-refractivity contribution < 1.29 is 0 Å². The summed E-state index contributed by atoms with van der Waals surface area (Å²) in [5.74, 6) is 0. The zero-order valence-electron chi connectivity index (χ0n) is 11.2. The molecule has 0 atom stereocenters. The van der Waals surface area contributed by atoms with Crippen LogP contribution in [0, 0.1) is 0 Å². The molecule has 0 fully saturated rings. The van der Waals surface area contributed by atoms with E-state index in [4.69, 9.17) is 0 Å². The van der Waals surface area contributed by atoms with Crippen LogP contribution in [0.1, 0.15) is 26.2 Å². The molecule has 0 bridgehead atoms. The van der Waals surface area contributed by atoms with E-state index in [9.17, 15) is 0 Å². The van der Waals surface area contributed by atoms with Crippen LogP contribution in [0.3, 0.4) is 0 Å². The second-order valence-corrected chi connectivity index (χ2v) is 35.4. The monoisotopic (exact) mass is 412 g/mol. The van der Waals surface area contributed by atoms with Gasteiger partial charge in [0.05, 0.1) is 0 Å². The first-order valence-corrected chi connectivity index (χ1v) is 26.1.